The Morgan fingerprint density at radius 3 is 2.59 bits per heavy atom. The Balaban J connectivity index is 1.73. The lowest BCUT2D eigenvalue weighted by molar-refractivity contribution is -0.384. The van der Waals surface area contributed by atoms with Gasteiger partial charge in [0.05, 0.1) is 4.92 Å². The molecule has 0 aliphatic carbocycles. The van der Waals surface area contributed by atoms with Gasteiger partial charge in [0.15, 0.2) is 0 Å². The number of benzene rings is 1. The van der Waals surface area contributed by atoms with Crippen LogP contribution in [0.25, 0.3) is 10.6 Å². The molecule has 3 aromatic rings. The van der Waals surface area contributed by atoms with Gasteiger partial charge in [0.1, 0.15) is 10.7 Å². The van der Waals surface area contributed by atoms with Gasteiger partial charge >= 0.3 is 0 Å². The molecule has 0 saturated heterocycles. The first-order valence-electron chi connectivity index (χ1n) is 6.17. The Bertz CT molecular complexity index is 810. The van der Waals surface area contributed by atoms with Crippen molar-refractivity contribution in [2.45, 2.75) is 0 Å². The average Bonchev–Trinajstić information content (AvgIpc) is 3.19. The first-order valence-corrected chi connectivity index (χ1v) is 7.99. The average molecular weight is 331 g/mol. The van der Waals surface area contributed by atoms with E-state index in [4.69, 9.17) is 0 Å². The van der Waals surface area contributed by atoms with Crippen molar-refractivity contribution in [3.63, 3.8) is 0 Å². The number of hydrogen-bond acceptors (Lipinski definition) is 6. The van der Waals surface area contributed by atoms with E-state index in [1.54, 1.807) is 16.7 Å². The maximum atomic E-state index is 12.1. The van der Waals surface area contributed by atoms with Crippen LogP contribution < -0.4 is 5.32 Å². The van der Waals surface area contributed by atoms with Crippen molar-refractivity contribution in [2.24, 2.45) is 0 Å². The molecule has 1 aromatic carbocycles. The molecular weight excluding hydrogens is 322 g/mol. The van der Waals surface area contributed by atoms with Crippen molar-refractivity contribution in [1.82, 2.24) is 4.98 Å². The Labute approximate surface area is 133 Å². The van der Waals surface area contributed by atoms with Crippen molar-refractivity contribution in [3.8, 4) is 10.6 Å². The van der Waals surface area contributed by atoms with Crippen LogP contribution in [0.5, 0.6) is 0 Å². The van der Waals surface area contributed by atoms with Gasteiger partial charge < -0.3 is 5.32 Å². The lowest BCUT2D eigenvalue weighted by Gasteiger charge is -2.02. The van der Waals surface area contributed by atoms with Crippen molar-refractivity contribution in [3.05, 3.63) is 62.3 Å². The zero-order valence-electron chi connectivity index (χ0n) is 11.1. The lowest BCUT2D eigenvalue weighted by Crippen LogP contribution is -2.12. The van der Waals surface area contributed by atoms with E-state index in [0.717, 1.165) is 10.6 Å². The summed E-state index contributed by atoms with van der Waals surface area (Å²) < 4.78 is 0. The molecule has 0 aliphatic rings. The zero-order chi connectivity index (χ0) is 15.5. The highest BCUT2D eigenvalue weighted by Gasteiger charge is 2.13. The highest BCUT2D eigenvalue weighted by Crippen LogP contribution is 2.26. The number of rotatable bonds is 4. The summed E-state index contributed by atoms with van der Waals surface area (Å²) >= 11 is 2.97. The fourth-order valence-corrected chi connectivity index (χ4v) is 3.27. The van der Waals surface area contributed by atoms with Gasteiger partial charge in [-0.3, -0.25) is 14.9 Å². The van der Waals surface area contributed by atoms with Crippen LogP contribution in [0.2, 0.25) is 0 Å². The van der Waals surface area contributed by atoms with Crippen molar-refractivity contribution in [1.29, 1.82) is 0 Å². The zero-order valence-corrected chi connectivity index (χ0v) is 12.7. The minimum atomic E-state index is -0.487. The van der Waals surface area contributed by atoms with Crippen molar-refractivity contribution in [2.75, 3.05) is 5.32 Å². The summed E-state index contributed by atoms with van der Waals surface area (Å²) in [5.41, 5.74) is 1.78. The number of non-ortho nitro benzene ring substituents is 1. The van der Waals surface area contributed by atoms with Gasteiger partial charge in [-0.05, 0) is 23.6 Å². The van der Waals surface area contributed by atoms with E-state index in [1.165, 1.54) is 35.6 Å². The number of anilines is 1. The number of carbonyl (C=O) groups excluding carboxylic acids is 1. The number of thiophene rings is 1. The summed E-state index contributed by atoms with van der Waals surface area (Å²) in [6, 6.07) is 7.60. The number of nitrogens with one attached hydrogen (secondary N) is 1. The third-order valence-electron chi connectivity index (χ3n) is 2.84. The number of nitro groups is 1. The molecular formula is C14H9N3O3S2. The summed E-state index contributed by atoms with van der Waals surface area (Å²) in [5.74, 6) is -0.341. The quantitative estimate of drug-likeness (QED) is 0.577. The lowest BCUT2D eigenvalue weighted by atomic mass is 10.3. The molecule has 0 radical (unpaired) electrons. The van der Waals surface area contributed by atoms with Crippen LogP contribution in [0.1, 0.15) is 10.5 Å². The highest BCUT2D eigenvalue weighted by molar-refractivity contribution is 7.14. The van der Waals surface area contributed by atoms with E-state index in [1.807, 2.05) is 16.8 Å². The largest absolute Gasteiger partial charge is 0.321 e. The van der Waals surface area contributed by atoms with Gasteiger partial charge in [-0.1, -0.05) is 0 Å². The normalized spacial score (nSPS) is 10.4. The summed E-state index contributed by atoms with van der Waals surface area (Å²) in [6.45, 7) is 0. The first kappa shape index (κ1) is 14.4. The standard InChI is InChI=1S/C14H9N3O3S2/c18-13(15-10-1-3-11(4-2-10)17(19)20)12-8-22-14(16-12)9-5-6-21-7-9/h1-8H,(H,15,18). The number of amides is 1. The van der Waals surface area contributed by atoms with Gasteiger partial charge in [-0.25, -0.2) is 4.98 Å². The number of nitrogens with zero attached hydrogens (tertiary/aromatic N) is 2. The van der Waals surface area contributed by atoms with Gasteiger partial charge in [0, 0.05) is 34.1 Å². The molecule has 8 heteroatoms. The predicted octanol–water partition coefficient (Wildman–Crippen LogP) is 4.03. The van der Waals surface area contributed by atoms with Crippen LogP contribution in [0.4, 0.5) is 11.4 Å². The SMILES string of the molecule is O=C(Nc1ccc([N+](=O)[O-])cc1)c1csc(-c2ccsc2)n1. The van der Waals surface area contributed by atoms with Crippen LogP contribution in [0.15, 0.2) is 46.5 Å². The molecule has 3 rings (SSSR count). The molecule has 0 bridgehead atoms. The van der Waals surface area contributed by atoms with E-state index >= 15 is 0 Å². The number of hydrogen-bond donors (Lipinski definition) is 1. The maximum Gasteiger partial charge on any atom is 0.275 e. The third-order valence-corrected chi connectivity index (χ3v) is 4.42. The Morgan fingerprint density at radius 1 is 1.18 bits per heavy atom. The van der Waals surface area contributed by atoms with Crippen LogP contribution >= 0.6 is 22.7 Å². The van der Waals surface area contributed by atoms with Gasteiger partial charge in [-0.15, -0.1) is 11.3 Å². The second-order valence-electron chi connectivity index (χ2n) is 4.31. The Kier molecular flexibility index (Phi) is 3.94. The van der Waals surface area contributed by atoms with Gasteiger partial charge in [0.2, 0.25) is 0 Å². The molecule has 0 atom stereocenters. The highest BCUT2D eigenvalue weighted by atomic mass is 32.1. The van der Waals surface area contributed by atoms with Crippen LogP contribution in [0.3, 0.4) is 0 Å². The molecule has 6 nitrogen and oxygen atoms in total. The second kappa shape index (κ2) is 6.04. The molecule has 0 aliphatic heterocycles. The molecule has 0 unspecified atom stereocenters. The smallest absolute Gasteiger partial charge is 0.275 e. The molecule has 2 heterocycles. The molecule has 0 fully saturated rings. The monoisotopic (exact) mass is 331 g/mol. The van der Waals surface area contributed by atoms with E-state index in [-0.39, 0.29) is 11.6 Å². The number of thiazole rings is 1. The molecule has 22 heavy (non-hydrogen) atoms. The topological polar surface area (TPSA) is 85.1 Å². The molecule has 0 spiro atoms. The second-order valence-corrected chi connectivity index (χ2v) is 5.95. The first-order chi connectivity index (χ1) is 10.6. The van der Waals surface area contributed by atoms with E-state index < -0.39 is 4.92 Å². The van der Waals surface area contributed by atoms with E-state index in [0.29, 0.717) is 11.4 Å². The van der Waals surface area contributed by atoms with Gasteiger partial charge in [0.25, 0.3) is 11.6 Å². The molecule has 1 amide bonds. The van der Waals surface area contributed by atoms with Gasteiger partial charge in [-0.2, -0.15) is 11.3 Å². The summed E-state index contributed by atoms with van der Waals surface area (Å²) in [4.78, 5) is 26.5. The molecule has 110 valence electrons. The van der Waals surface area contributed by atoms with Crippen LogP contribution in [-0.4, -0.2) is 15.8 Å². The summed E-state index contributed by atoms with van der Waals surface area (Å²) in [6.07, 6.45) is 0. The molecule has 1 N–H and O–H groups in total. The third kappa shape index (κ3) is 3.02. The maximum absolute atomic E-state index is 12.1. The number of carbonyl (C=O) groups is 1. The van der Waals surface area contributed by atoms with E-state index in [9.17, 15) is 14.9 Å². The fourth-order valence-electron chi connectivity index (χ4n) is 1.76. The van der Waals surface area contributed by atoms with Crippen molar-refractivity contribution < 1.29 is 9.72 Å². The molecule has 2 aromatic heterocycles. The minimum absolute atomic E-state index is 0.0219. The van der Waals surface area contributed by atoms with Crippen LogP contribution in [0, 0.1) is 10.1 Å². The summed E-state index contributed by atoms with van der Waals surface area (Å²) in [5, 5.41) is 19.6. The van der Waals surface area contributed by atoms with Crippen molar-refractivity contribution >= 4 is 40.0 Å². The number of nitro benzene ring substituents is 1. The Hall–Kier alpha value is -2.58. The molecule has 0 saturated carbocycles. The Morgan fingerprint density at radius 2 is 1.95 bits per heavy atom. The van der Waals surface area contributed by atoms with E-state index in [2.05, 4.69) is 10.3 Å². The fraction of sp³-hybridized carbons (Fsp3) is 0. The minimum Gasteiger partial charge on any atom is -0.321 e. The number of aromatic nitrogens is 1. The predicted molar refractivity (Wildman–Crippen MR) is 86.5 cm³/mol. The summed E-state index contributed by atoms with van der Waals surface area (Å²) in [7, 11) is 0. The van der Waals surface area contributed by atoms with Crippen LogP contribution in [-0.2, 0) is 0 Å².